The van der Waals surface area contributed by atoms with Gasteiger partial charge < -0.3 is 14.6 Å². The van der Waals surface area contributed by atoms with Gasteiger partial charge in [-0.3, -0.25) is 0 Å². The minimum Gasteiger partial charge on any atom is -0.497 e. The number of H-pyrrole nitrogens is 1. The van der Waals surface area contributed by atoms with Crippen LogP contribution in [0.4, 0.5) is 0 Å². The summed E-state index contributed by atoms with van der Waals surface area (Å²) >= 11 is 0. The third-order valence-corrected chi connectivity index (χ3v) is 2.74. The summed E-state index contributed by atoms with van der Waals surface area (Å²) in [5, 5.41) is 0.359. The van der Waals surface area contributed by atoms with Crippen LogP contribution in [-0.2, 0) is 12.7 Å². The molecular formula is C14H18N2O. The van der Waals surface area contributed by atoms with Crippen molar-refractivity contribution in [2.45, 2.75) is 12.7 Å². The predicted molar refractivity (Wildman–Crippen MR) is 69.8 cm³/mol. The number of fused-ring (bicyclic) bond motifs is 3. The Morgan fingerprint density at radius 3 is 3.24 bits per heavy atom. The number of ether oxygens (including phenoxy) is 1. The zero-order valence-electron chi connectivity index (χ0n) is 18.3. The molecule has 0 saturated heterocycles. The number of hydrogen-bond acceptors (Lipinski definition) is 2. The second-order valence-corrected chi connectivity index (χ2v) is 3.79. The molecular weight excluding hydrogens is 212 g/mol. The lowest BCUT2D eigenvalue weighted by Gasteiger charge is -2.11. The maximum Gasteiger partial charge on any atom is 0.120 e. The molecule has 2 heterocycles. The molecule has 1 aromatic heterocycles. The average Bonchev–Trinajstić information content (AvgIpc) is 2.89. The molecule has 0 saturated carbocycles. The van der Waals surface area contributed by atoms with Crippen LogP contribution in [0.5, 0.6) is 5.75 Å². The zero-order valence-corrected chi connectivity index (χ0v) is 9.29. The summed E-state index contributed by atoms with van der Waals surface area (Å²) in [6, 6.07) is 4.70. The van der Waals surface area contributed by atoms with Crippen molar-refractivity contribution < 1.29 is 17.1 Å². The van der Waals surface area contributed by atoms with Crippen LogP contribution in [0.2, 0.25) is 0 Å². The molecule has 1 N–H and O–H groups in total. The quantitative estimate of drug-likeness (QED) is 0.826. The number of likely N-dealkylation sites (N-methyl/N-ethyl adjacent to an activating group) is 1. The van der Waals surface area contributed by atoms with Crippen LogP contribution >= 0.6 is 0 Å². The first-order valence-corrected chi connectivity index (χ1v) is 5.22. The molecule has 1 aromatic carbocycles. The number of hydrogen-bond donors (Lipinski definition) is 1. The van der Waals surface area contributed by atoms with Crippen LogP contribution in [0.3, 0.4) is 0 Å². The summed E-state index contributed by atoms with van der Waals surface area (Å²) in [5.74, 6) is 0.474. The molecule has 0 aliphatic carbocycles. The van der Waals surface area contributed by atoms with E-state index < -0.39 is 32.8 Å². The summed E-state index contributed by atoms with van der Waals surface area (Å²) < 4.78 is 77.7. The van der Waals surface area contributed by atoms with Crippen molar-refractivity contribution in [1.29, 1.82) is 0 Å². The number of aromatic amines is 1. The highest BCUT2D eigenvalue weighted by molar-refractivity contribution is 5.86. The highest BCUT2D eigenvalue weighted by Crippen LogP contribution is 2.28. The topological polar surface area (TPSA) is 28.3 Å². The normalized spacial score (nSPS) is 34.3. The third-order valence-electron chi connectivity index (χ3n) is 2.74. The lowest BCUT2D eigenvalue weighted by molar-refractivity contribution is 0.352. The summed E-state index contributed by atoms with van der Waals surface area (Å²) in [6.45, 7) is -6.80. The first kappa shape index (κ1) is 4.65. The van der Waals surface area contributed by atoms with Gasteiger partial charge in [-0.15, -0.1) is 0 Å². The molecule has 17 heavy (non-hydrogen) atoms. The fourth-order valence-electron chi connectivity index (χ4n) is 1.90. The average molecular weight is 239 g/mol. The van der Waals surface area contributed by atoms with Gasteiger partial charge in [0, 0.05) is 54.4 Å². The molecule has 3 nitrogen and oxygen atoms in total. The molecule has 1 aliphatic heterocycles. The number of nitrogens with one attached hydrogen (secondary N) is 1. The Hall–Kier alpha value is -1.48. The molecule has 2 aromatic rings. The van der Waals surface area contributed by atoms with Gasteiger partial charge >= 0.3 is 0 Å². The Morgan fingerprint density at radius 2 is 2.41 bits per heavy atom. The van der Waals surface area contributed by atoms with E-state index in [-0.39, 0.29) is 16.2 Å². The fraction of sp³-hybridized carbons (Fsp3) is 0.429. The molecule has 0 spiro atoms. The standard InChI is InChI=1S/C14H18N2O/c1-16-7-5-12-11-4-3-10(17-2)9-14(11)15-13(12)6-8-16/h3-4,9,15H,5-8H2,1-2H3/i1D3,5D2,6D2,8D2. The van der Waals surface area contributed by atoms with Crippen LogP contribution in [0.25, 0.3) is 10.9 Å². The molecule has 0 fully saturated rings. The number of nitrogens with zero attached hydrogens (tertiary/aromatic N) is 1. The van der Waals surface area contributed by atoms with Crippen molar-refractivity contribution in [3.63, 3.8) is 0 Å². The van der Waals surface area contributed by atoms with Gasteiger partial charge in [-0.1, -0.05) is 0 Å². The van der Waals surface area contributed by atoms with Crippen molar-refractivity contribution in [3.05, 3.63) is 29.5 Å². The highest BCUT2D eigenvalue weighted by Gasteiger charge is 2.16. The SMILES string of the molecule is [2H]C1([2H])CN(C([2H])([2H])[2H])C([2H])([2H])C([2H])([2H])c2[nH]c3cc(OC)ccc3c21. The summed E-state index contributed by atoms with van der Waals surface area (Å²) in [4.78, 5) is 3.04. The van der Waals surface area contributed by atoms with Gasteiger partial charge in [0.15, 0.2) is 0 Å². The molecule has 0 unspecified atom stereocenters. The number of aromatic nitrogens is 1. The lowest BCUT2D eigenvalue weighted by atomic mass is 10.1. The summed E-state index contributed by atoms with van der Waals surface area (Å²) in [5.41, 5.74) is 0.0125. The van der Waals surface area contributed by atoms with E-state index in [4.69, 9.17) is 17.1 Å². The van der Waals surface area contributed by atoms with Gasteiger partial charge in [-0.05, 0) is 31.0 Å². The Balaban J connectivity index is 2.36. The van der Waals surface area contributed by atoms with Gasteiger partial charge in [-0.2, -0.15) is 0 Å². The zero-order chi connectivity index (χ0) is 19.7. The smallest absolute Gasteiger partial charge is 0.120 e. The fourth-order valence-corrected chi connectivity index (χ4v) is 1.90. The Kier molecular flexibility index (Phi) is 1.12. The lowest BCUT2D eigenvalue weighted by Crippen LogP contribution is -2.21. The van der Waals surface area contributed by atoms with Crippen LogP contribution in [0.1, 0.15) is 23.6 Å². The van der Waals surface area contributed by atoms with Crippen molar-refractivity contribution in [2.75, 3.05) is 27.1 Å². The number of methoxy groups -OCH3 is 1. The second kappa shape index (κ2) is 4.08. The molecule has 0 amide bonds. The molecule has 0 radical (unpaired) electrons. The first-order chi connectivity index (χ1) is 11.7. The van der Waals surface area contributed by atoms with E-state index in [0.717, 1.165) is 0 Å². The van der Waals surface area contributed by atoms with E-state index >= 15 is 0 Å². The first-order valence-electron chi connectivity index (χ1n) is 9.72. The maximum absolute atomic E-state index is 8.40. The van der Waals surface area contributed by atoms with Gasteiger partial charge in [0.1, 0.15) is 5.75 Å². The van der Waals surface area contributed by atoms with Gasteiger partial charge in [0.2, 0.25) is 0 Å². The number of benzene rings is 1. The second-order valence-electron chi connectivity index (χ2n) is 3.79. The van der Waals surface area contributed by atoms with E-state index in [0.29, 0.717) is 16.7 Å². The van der Waals surface area contributed by atoms with E-state index in [9.17, 15) is 0 Å². The highest BCUT2D eigenvalue weighted by atomic mass is 16.5. The van der Waals surface area contributed by atoms with Gasteiger partial charge in [0.05, 0.1) is 7.11 Å². The summed E-state index contributed by atoms with van der Waals surface area (Å²) in [7, 11) is 1.46. The van der Waals surface area contributed by atoms with Crippen molar-refractivity contribution in [1.82, 2.24) is 9.88 Å². The Morgan fingerprint density at radius 1 is 1.47 bits per heavy atom. The van der Waals surface area contributed by atoms with Crippen LogP contribution < -0.4 is 4.74 Å². The van der Waals surface area contributed by atoms with E-state index in [1.807, 2.05) is 0 Å². The number of rotatable bonds is 1. The monoisotopic (exact) mass is 239 g/mol. The minimum atomic E-state index is -3.01. The van der Waals surface area contributed by atoms with Crippen molar-refractivity contribution >= 4 is 10.9 Å². The van der Waals surface area contributed by atoms with Crippen molar-refractivity contribution in [3.8, 4) is 5.75 Å². The molecule has 0 bridgehead atoms. The van der Waals surface area contributed by atoms with Crippen LogP contribution in [0, 0.1) is 0 Å². The van der Waals surface area contributed by atoms with E-state index in [1.54, 1.807) is 18.2 Å². The Labute approximate surface area is 114 Å². The van der Waals surface area contributed by atoms with Gasteiger partial charge in [0.25, 0.3) is 0 Å². The molecule has 3 heteroatoms. The summed E-state index contributed by atoms with van der Waals surface area (Å²) in [6.07, 6.45) is -5.10. The molecule has 3 rings (SSSR count). The predicted octanol–water partition coefficient (Wildman–Crippen LogP) is 2.21. The Bertz CT molecular complexity index is 856. The van der Waals surface area contributed by atoms with Crippen LogP contribution in [-0.4, -0.2) is 37.0 Å². The molecule has 90 valence electrons. The maximum atomic E-state index is 8.40. The van der Waals surface area contributed by atoms with Gasteiger partial charge in [-0.25, -0.2) is 0 Å². The molecule has 1 aliphatic rings. The molecule has 0 atom stereocenters. The van der Waals surface area contributed by atoms with E-state index in [1.165, 1.54) is 7.11 Å². The van der Waals surface area contributed by atoms with Crippen molar-refractivity contribution in [2.24, 2.45) is 0 Å². The number of aryl methyl sites for hydroxylation is 1. The third kappa shape index (κ3) is 1.80. The largest absolute Gasteiger partial charge is 0.497 e. The van der Waals surface area contributed by atoms with Crippen LogP contribution in [0.15, 0.2) is 18.2 Å². The van der Waals surface area contributed by atoms with E-state index in [2.05, 4.69) is 4.98 Å². The minimum absolute atomic E-state index is 0.0734.